The molecule has 4 nitrogen and oxygen atoms in total. The van der Waals surface area contributed by atoms with Crippen LogP contribution in [0.5, 0.6) is 11.5 Å². The van der Waals surface area contributed by atoms with E-state index < -0.39 is 32.1 Å². The predicted molar refractivity (Wildman–Crippen MR) is 53.1 cm³/mol. The molecule has 0 fully saturated rings. The summed E-state index contributed by atoms with van der Waals surface area (Å²) >= 11 is 0. The van der Waals surface area contributed by atoms with Gasteiger partial charge in [0.25, 0.3) is 0 Å². The van der Waals surface area contributed by atoms with Crippen LogP contribution in [-0.2, 0) is 15.5 Å². The molecule has 1 rings (SSSR count). The minimum Gasteiger partial charge on any atom is -0.505 e. The SMILES string of the molecule is O=S(=O)(Cl)CCc1ccc(O)c(F)c1O. The van der Waals surface area contributed by atoms with E-state index in [0.717, 1.165) is 6.07 Å². The third-order valence-electron chi connectivity index (χ3n) is 1.79. The van der Waals surface area contributed by atoms with Crippen LogP contribution in [0.15, 0.2) is 12.1 Å². The molecule has 1 aromatic rings. The summed E-state index contributed by atoms with van der Waals surface area (Å²) in [6.07, 6.45) is -0.116. The van der Waals surface area contributed by atoms with Crippen molar-refractivity contribution in [1.82, 2.24) is 0 Å². The highest BCUT2D eigenvalue weighted by Crippen LogP contribution is 2.28. The molecule has 0 saturated carbocycles. The fourth-order valence-corrected chi connectivity index (χ4v) is 1.72. The average molecular weight is 255 g/mol. The number of phenolic OH excluding ortho intramolecular Hbond substituents is 2. The second-order valence-corrected chi connectivity index (χ2v) is 5.80. The molecule has 0 atom stereocenters. The Hall–Kier alpha value is -1.01. The van der Waals surface area contributed by atoms with E-state index in [2.05, 4.69) is 0 Å². The lowest BCUT2D eigenvalue weighted by Gasteiger charge is -2.05. The van der Waals surface area contributed by atoms with Crippen LogP contribution in [0.1, 0.15) is 5.56 Å². The minimum atomic E-state index is -3.69. The Morgan fingerprint density at radius 3 is 2.47 bits per heavy atom. The number of rotatable bonds is 3. The monoisotopic (exact) mass is 254 g/mol. The van der Waals surface area contributed by atoms with Crippen LogP contribution in [0.2, 0.25) is 0 Å². The molecule has 1 aromatic carbocycles. The van der Waals surface area contributed by atoms with Gasteiger partial charge in [-0.3, -0.25) is 0 Å². The van der Waals surface area contributed by atoms with Crippen LogP contribution >= 0.6 is 10.7 Å². The third-order valence-corrected chi connectivity index (χ3v) is 2.95. The van der Waals surface area contributed by atoms with Crippen molar-refractivity contribution in [3.8, 4) is 11.5 Å². The molecule has 0 amide bonds. The summed E-state index contributed by atoms with van der Waals surface area (Å²) in [7, 11) is 1.27. The van der Waals surface area contributed by atoms with Crippen LogP contribution in [0.4, 0.5) is 4.39 Å². The second kappa shape index (κ2) is 4.24. The fourth-order valence-electron chi connectivity index (χ4n) is 1.03. The van der Waals surface area contributed by atoms with Gasteiger partial charge in [0, 0.05) is 10.7 Å². The Labute approximate surface area is 90.3 Å². The Bertz CT molecular complexity index is 472. The zero-order valence-electron chi connectivity index (χ0n) is 7.44. The van der Waals surface area contributed by atoms with Crippen molar-refractivity contribution < 1.29 is 23.0 Å². The summed E-state index contributed by atoms with van der Waals surface area (Å²) in [4.78, 5) is 0. The number of benzene rings is 1. The van der Waals surface area contributed by atoms with Gasteiger partial charge in [-0.1, -0.05) is 6.07 Å². The van der Waals surface area contributed by atoms with E-state index in [9.17, 15) is 17.9 Å². The number of halogens is 2. The first kappa shape index (κ1) is 12.1. The number of aromatic hydroxyl groups is 2. The zero-order chi connectivity index (χ0) is 11.6. The number of phenols is 2. The van der Waals surface area contributed by atoms with Gasteiger partial charge < -0.3 is 10.2 Å². The Morgan fingerprint density at radius 2 is 1.93 bits per heavy atom. The molecule has 0 spiro atoms. The van der Waals surface area contributed by atoms with Crippen LogP contribution in [0.25, 0.3) is 0 Å². The van der Waals surface area contributed by atoms with Crippen molar-refractivity contribution in [2.75, 3.05) is 5.75 Å². The maximum atomic E-state index is 12.9. The van der Waals surface area contributed by atoms with Gasteiger partial charge in [-0.2, -0.15) is 4.39 Å². The normalized spacial score (nSPS) is 11.6. The van der Waals surface area contributed by atoms with Crippen LogP contribution in [0.3, 0.4) is 0 Å². The Kier molecular flexibility index (Phi) is 3.41. The van der Waals surface area contributed by atoms with Gasteiger partial charge in [0.1, 0.15) is 0 Å². The van der Waals surface area contributed by atoms with E-state index in [1.807, 2.05) is 0 Å². The third kappa shape index (κ3) is 3.24. The molecule has 2 N–H and O–H groups in total. The highest BCUT2D eigenvalue weighted by molar-refractivity contribution is 8.13. The molecule has 0 radical (unpaired) electrons. The molecule has 7 heteroatoms. The maximum Gasteiger partial charge on any atom is 0.232 e. The van der Waals surface area contributed by atoms with Crippen LogP contribution in [0, 0.1) is 5.82 Å². The van der Waals surface area contributed by atoms with E-state index in [-0.39, 0.29) is 12.0 Å². The van der Waals surface area contributed by atoms with Crippen molar-refractivity contribution in [3.63, 3.8) is 0 Å². The number of hydrogen-bond acceptors (Lipinski definition) is 4. The zero-order valence-corrected chi connectivity index (χ0v) is 9.02. The summed E-state index contributed by atoms with van der Waals surface area (Å²) in [5.74, 6) is -3.02. The molecular weight excluding hydrogens is 247 g/mol. The molecule has 84 valence electrons. The van der Waals surface area contributed by atoms with Crippen molar-refractivity contribution in [3.05, 3.63) is 23.5 Å². The number of hydrogen-bond donors (Lipinski definition) is 2. The quantitative estimate of drug-likeness (QED) is 0.799. The Balaban J connectivity index is 2.93. The first-order valence-corrected chi connectivity index (χ1v) is 6.41. The standard InChI is InChI=1S/C8H8ClFO4S/c9-15(13,14)4-3-5-1-2-6(11)7(10)8(5)12/h1-2,11-12H,3-4H2. The minimum absolute atomic E-state index is 0.0783. The van der Waals surface area contributed by atoms with Crippen molar-refractivity contribution in [1.29, 1.82) is 0 Å². The lowest BCUT2D eigenvalue weighted by molar-refractivity contribution is 0.385. The Morgan fingerprint density at radius 1 is 1.33 bits per heavy atom. The van der Waals surface area contributed by atoms with E-state index in [1.54, 1.807) is 0 Å². The smallest absolute Gasteiger partial charge is 0.232 e. The fraction of sp³-hybridized carbons (Fsp3) is 0.250. The number of aryl methyl sites for hydroxylation is 1. The molecule has 0 heterocycles. The highest BCUT2D eigenvalue weighted by Gasteiger charge is 2.14. The van der Waals surface area contributed by atoms with Gasteiger partial charge in [0.2, 0.25) is 14.9 Å². The lowest BCUT2D eigenvalue weighted by atomic mass is 10.1. The molecule has 0 unspecified atom stereocenters. The van der Waals surface area contributed by atoms with E-state index in [1.165, 1.54) is 6.07 Å². The molecule has 0 aliphatic heterocycles. The summed E-state index contributed by atoms with van der Waals surface area (Å²) in [5, 5.41) is 18.1. The van der Waals surface area contributed by atoms with Gasteiger partial charge in [-0.25, -0.2) is 8.42 Å². The van der Waals surface area contributed by atoms with Crippen molar-refractivity contribution >= 4 is 19.7 Å². The van der Waals surface area contributed by atoms with E-state index >= 15 is 0 Å². The molecule has 0 saturated heterocycles. The molecule has 15 heavy (non-hydrogen) atoms. The van der Waals surface area contributed by atoms with Gasteiger partial charge in [0.05, 0.1) is 5.75 Å². The van der Waals surface area contributed by atoms with E-state index in [0.29, 0.717) is 0 Å². The van der Waals surface area contributed by atoms with Gasteiger partial charge in [-0.15, -0.1) is 0 Å². The topological polar surface area (TPSA) is 74.6 Å². The van der Waals surface area contributed by atoms with Crippen molar-refractivity contribution in [2.45, 2.75) is 6.42 Å². The first-order chi connectivity index (χ1) is 6.81. The maximum absolute atomic E-state index is 12.9. The summed E-state index contributed by atoms with van der Waals surface area (Å²) in [6.45, 7) is 0. The molecule has 0 bridgehead atoms. The summed E-state index contributed by atoms with van der Waals surface area (Å²) < 4.78 is 34.1. The molecule has 0 aliphatic rings. The van der Waals surface area contributed by atoms with Gasteiger partial charge in [-0.05, 0) is 18.1 Å². The van der Waals surface area contributed by atoms with Gasteiger partial charge >= 0.3 is 0 Å². The van der Waals surface area contributed by atoms with Crippen LogP contribution in [-0.4, -0.2) is 24.4 Å². The van der Waals surface area contributed by atoms with Crippen molar-refractivity contribution in [2.24, 2.45) is 0 Å². The van der Waals surface area contributed by atoms with Crippen LogP contribution < -0.4 is 0 Å². The second-order valence-electron chi connectivity index (χ2n) is 2.90. The molecular formula is C8H8ClFO4S. The van der Waals surface area contributed by atoms with E-state index in [4.69, 9.17) is 15.8 Å². The molecule has 0 aromatic heterocycles. The summed E-state index contributed by atoms with van der Waals surface area (Å²) in [6, 6.07) is 2.26. The summed E-state index contributed by atoms with van der Waals surface area (Å²) in [5.41, 5.74) is 0.0783. The first-order valence-electron chi connectivity index (χ1n) is 3.93. The highest BCUT2D eigenvalue weighted by atomic mass is 35.7. The average Bonchev–Trinajstić information content (AvgIpc) is 2.12. The largest absolute Gasteiger partial charge is 0.505 e. The predicted octanol–water partition coefficient (Wildman–Crippen LogP) is 1.35. The van der Waals surface area contributed by atoms with Gasteiger partial charge in [0.15, 0.2) is 11.5 Å². The molecule has 0 aliphatic carbocycles. The lowest BCUT2D eigenvalue weighted by Crippen LogP contribution is -2.01.